The largest absolute Gasteiger partial charge is 0.508 e. The normalized spacial score (nSPS) is 29.5. The van der Waals surface area contributed by atoms with Gasteiger partial charge < -0.3 is 158 Å². The molecule has 11 bridgehead atoms. The van der Waals surface area contributed by atoms with Crippen molar-refractivity contribution in [3.8, 4) is 67.6 Å². The summed E-state index contributed by atoms with van der Waals surface area (Å²) in [7, 11) is 5.32. The summed E-state index contributed by atoms with van der Waals surface area (Å²) < 4.78 is 51.4. The SMILES string of the molecule is CN[C@H](CC(C)C)C(=O)NC1C(=O)N[C@H](CC(N)=O)C(=O)N[C@H]2C(=O)N[C@H]3C(=O)N[C@H](C(=O)N[C@@H](C(=O)O)c4cc(O)cc(O)c4-c4cc3ccc4O)[C@H](OC3C[C@](C)(N)[C@@H](O)[C@H](C)O3)c3ccc(c(Cl)c3)Oc3cc2cc(c3O[C@@H]2O[C@H](CO)[C@@H](O[C@@H]3O[C@H](CNCc4ccc(-c5ccc(N(C)C)cc5)s4)[C@H](O)[C@H](O)[C@H]3O)[C@H](O)[C@H]2O)Oc2ccc(cc2Cl)[C@H]1O. The number of phenols is 3. The molecule has 42 heteroatoms. The number of likely N-dealkylation sites (N-methyl/N-ethyl adjacent to an activating group) is 1. The van der Waals surface area contributed by atoms with Crippen molar-refractivity contribution in [2.24, 2.45) is 17.4 Å². The summed E-state index contributed by atoms with van der Waals surface area (Å²) in [5.41, 5.74) is 10.0. The molecule has 6 aromatic carbocycles. The van der Waals surface area contributed by atoms with Crippen molar-refractivity contribution in [3.05, 3.63) is 158 Å². The number of rotatable bonds is 21. The lowest BCUT2D eigenvalue weighted by Crippen LogP contribution is -2.65. The number of thiophene rings is 1. The van der Waals surface area contributed by atoms with Crippen LogP contribution in [-0.2, 0) is 68.6 Å². The topological polar surface area (TPSA) is 605 Å². The van der Waals surface area contributed by atoms with E-state index in [0.29, 0.717) is 0 Å². The molecule has 127 heavy (non-hydrogen) atoms. The van der Waals surface area contributed by atoms with Crippen molar-refractivity contribution in [2.75, 3.05) is 39.2 Å². The third-order valence-electron chi connectivity index (χ3n) is 22.7. The van der Waals surface area contributed by atoms with Gasteiger partial charge in [0.05, 0.1) is 41.3 Å². The monoisotopic (exact) mass is 1820 g/mol. The second-order valence-corrected chi connectivity index (χ2v) is 34.7. The molecule has 8 aliphatic heterocycles. The zero-order valence-corrected chi connectivity index (χ0v) is 71.5. The minimum Gasteiger partial charge on any atom is -0.508 e. The summed E-state index contributed by atoms with van der Waals surface area (Å²) in [6.07, 6.45) is -29.0. The highest BCUT2D eigenvalue weighted by Crippen LogP contribution is 2.51. The number of amides is 7. The Balaban J connectivity index is 0.957. The van der Waals surface area contributed by atoms with Gasteiger partial charge in [-0.05, 0) is 140 Å². The number of primary amides is 1. The smallest absolute Gasteiger partial charge is 0.330 e. The molecule has 15 rings (SSSR count). The van der Waals surface area contributed by atoms with Crippen molar-refractivity contribution in [2.45, 2.75) is 193 Å². The summed E-state index contributed by atoms with van der Waals surface area (Å²) in [6, 6.07) is 10.9. The summed E-state index contributed by atoms with van der Waals surface area (Å²) in [6.45, 7) is 5.53. The molecular formula is C85H99Cl2N11O28S. The van der Waals surface area contributed by atoms with E-state index in [1.54, 1.807) is 0 Å². The number of halogens is 2. The van der Waals surface area contributed by atoms with Gasteiger partial charge in [-0.2, -0.15) is 0 Å². The maximum Gasteiger partial charge on any atom is 0.330 e. The maximum absolute atomic E-state index is 16.5. The molecule has 3 fully saturated rings. The number of aromatic hydroxyl groups is 3. The number of carbonyl (C=O) groups is 8. The molecule has 0 spiro atoms. The van der Waals surface area contributed by atoms with E-state index >= 15 is 24.0 Å². The first kappa shape index (κ1) is 93.9. The number of phenolic OH excluding ortho intramolecular Hbond substituents is 3. The average Bonchev–Trinajstić information content (AvgIpc) is 1.08. The fourth-order valence-corrected chi connectivity index (χ4v) is 17.3. The van der Waals surface area contributed by atoms with Gasteiger partial charge in [0.1, 0.15) is 120 Å². The van der Waals surface area contributed by atoms with Crippen LogP contribution in [0.15, 0.2) is 115 Å². The van der Waals surface area contributed by atoms with Crippen LogP contribution in [-0.4, -0.2) is 253 Å². The molecule has 1 aromatic heterocycles. The standard InChI is InChI=1S/C85H99Cl2N11O28S/c1-33(2)20-47(90-5)76(111)96-64-66(104)37-11-17-51(45(86)22-37)120-53-24-39-25-54(73(53)125-84-71(109)69(107)74(56(32-99)123-84)126-83-70(108)68(106)67(105)55(122-83)31-91-30-42-15-19-57(127-42)35-8-13-40(14-9-35)98(6)7)121-52-18-12-38(23-46(52)87)72(124-59-29-85(4,89)75(110)34(3)119-59)65-81(116)95-63(82(117)118)44-26-41(100)27-50(102)60(44)43-21-36(10-16-49(43)101)61(78(113)97-65)94-79(114)62(39)93-77(112)48(28-58(88)103)92-80(64)115/h8-19,21-27,33-34,47-48,55-56,59,61-72,74-75,83-84,90-91,99-102,104-110H,20,28-32,89H2,1-7H3,(H2,88,103)(H,92,115)(H,93,112)(H,94,114)(H,95,116)(H,96,111)(H,97,113)(H,117,118)/t34-,47+,48+,55+,56+,59?,61+,62+,63+,64?,65-,66+,67-,68-,69+,70+,71+,72+,74+,75-,83-,84-,85-/m0/s1. The van der Waals surface area contributed by atoms with E-state index in [1.165, 1.54) is 44.4 Å². The quantitative estimate of drug-likeness (QED) is 0.0485. The Kier molecular flexibility index (Phi) is 28.9. The first-order valence-electron chi connectivity index (χ1n) is 40.4. The number of carboxylic acid groups (broad SMARTS) is 1. The number of carbonyl (C=O) groups excluding carboxylic acids is 7. The van der Waals surface area contributed by atoms with Gasteiger partial charge in [0.25, 0.3) is 0 Å². The number of hydrogen-bond donors (Lipinski definition) is 22. The molecule has 0 aliphatic carbocycles. The van der Waals surface area contributed by atoms with Gasteiger partial charge >= 0.3 is 5.97 Å². The molecule has 0 saturated carbocycles. The van der Waals surface area contributed by atoms with E-state index in [0.717, 1.165) is 87.7 Å². The predicted molar refractivity (Wildman–Crippen MR) is 451 cm³/mol. The second kappa shape index (κ2) is 39.1. The van der Waals surface area contributed by atoms with Crippen molar-refractivity contribution in [3.63, 3.8) is 0 Å². The molecule has 8 aliphatic rings. The minimum atomic E-state index is -2.42. The number of aliphatic hydroxyl groups is 8. The van der Waals surface area contributed by atoms with Crippen LogP contribution in [0.1, 0.15) is 110 Å². The molecule has 7 amide bonds. The number of fused-ring (bicyclic) bond motifs is 15. The molecule has 7 aromatic rings. The number of aliphatic hydroxyl groups excluding tert-OH is 8. The fraction of sp³-hybridized carbons (Fsp3) is 0.435. The van der Waals surface area contributed by atoms with Crippen LogP contribution >= 0.6 is 34.5 Å². The Bertz CT molecular complexity index is 5290. The Hall–Kier alpha value is -10.7. The van der Waals surface area contributed by atoms with Gasteiger partial charge in [-0.15, -0.1) is 11.3 Å². The summed E-state index contributed by atoms with van der Waals surface area (Å²) in [5.74, 6) is -16.6. The van der Waals surface area contributed by atoms with E-state index in [1.807, 2.05) is 69.2 Å². The number of hydrogen-bond acceptors (Lipinski definition) is 32. The van der Waals surface area contributed by atoms with Gasteiger partial charge in [-0.1, -0.05) is 67.4 Å². The Morgan fingerprint density at radius 3 is 1.93 bits per heavy atom. The lowest BCUT2D eigenvalue weighted by molar-refractivity contribution is -0.350. The third kappa shape index (κ3) is 20.6. The van der Waals surface area contributed by atoms with Crippen molar-refractivity contribution >= 4 is 87.5 Å². The molecule has 2 unspecified atom stereocenters. The van der Waals surface area contributed by atoms with Gasteiger partial charge in [0, 0.05) is 77.3 Å². The number of nitrogens with two attached hydrogens (primary N) is 2. The molecule has 24 N–H and O–H groups in total. The van der Waals surface area contributed by atoms with Crippen LogP contribution in [0.3, 0.4) is 0 Å². The predicted octanol–water partition coefficient (Wildman–Crippen LogP) is 1.52. The zero-order chi connectivity index (χ0) is 91.8. The van der Waals surface area contributed by atoms with Crippen LogP contribution in [0.2, 0.25) is 10.0 Å². The number of anilines is 1. The van der Waals surface area contributed by atoms with Crippen LogP contribution in [0.25, 0.3) is 21.6 Å². The van der Waals surface area contributed by atoms with Gasteiger partial charge in [-0.25, -0.2) is 4.79 Å². The lowest BCUT2D eigenvalue weighted by atomic mass is 9.86. The minimum absolute atomic E-state index is 0.129. The summed E-state index contributed by atoms with van der Waals surface area (Å²) in [5, 5.41) is 160. The van der Waals surface area contributed by atoms with Crippen molar-refractivity contribution < 1.29 is 138 Å². The van der Waals surface area contributed by atoms with Crippen LogP contribution < -0.4 is 73.1 Å². The number of nitrogens with zero attached hydrogens (tertiary/aromatic N) is 1. The Labute approximate surface area is 739 Å². The number of nitrogens with one attached hydrogen (secondary N) is 8. The van der Waals surface area contributed by atoms with Crippen molar-refractivity contribution in [1.29, 1.82) is 0 Å². The van der Waals surface area contributed by atoms with E-state index in [4.69, 9.17) is 72.6 Å². The highest BCUT2D eigenvalue weighted by atomic mass is 35.5. The molecule has 39 nitrogen and oxygen atoms in total. The first-order chi connectivity index (χ1) is 60.2. The summed E-state index contributed by atoms with van der Waals surface area (Å²) >= 11 is 16.0. The fourth-order valence-electron chi connectivity index (χ4n) is 15.9. The van der Waals surface area contributed by atoms with E-state index in [9.17, 15) is 75.7 Å². The van der Waals surface area contributed by atoms with Gasteiger partial charge in [0.15, 0.2) is 30.1 Å². The maximum atomic E-state index is 16.5. The molecular weight excluding hydrogens is 1730 g/mol. The van der Waals surface area contributed by atoms with Gasteiger partial charge in [0.2, 0.25) is 53.4 Å². The number of carboxylic acids is 1. The second-order valence-electron chi connectivity index (χ2n) is 32.7. The molecule has 23 atom stereocenters. The third-order valence-corrected chi connectivity index (χ3v) is 24.4. The van der Waals surface area contributed by atoms with E-state index in [-0.39, 0.29) is 48.5 Å². The van der Waals surface area contributed by atoms with Crippen LogP contribution in [0, 0.1) is 5.92 Å². The molecule has 3 saturated heterocycles. The van der Waals surface area contributed by atoms with E-state index in [2.05, 4.69) is 42.5 Å². The number of ether oxygens (including phenoxy) is 8. The molecule has 0 radical (unpaired) electrons. The van der Waals surface area contributed by atoms with E-state index < -0.39 is 279 Å². The van der Waals surface area contributed by atoms with Gasteiger partial charge in [-0.3, -0.25) is 33.6 Å². The Morgan fingerprint density at radius 2 is 1.30 bits per heavy atom. The first-order valence-corrected chi connectivity index (χ1v) is 42.0. The molecule has 682 valence electrons. The highest BCUT2D eigenvalue weighted by molar-refractivity contribution is 7.15. The van der Waals surface area contributed by atoms with Crippen LogP contribution in [0.4, 0.5) is 5.69 Å². The number of benzene rings is 6. The average molecular weight is 1830 g/mol. The zero-order valence-electron chi connectivity index (χ0n) is 69.2. The highest BCUT2D eigenvalue weighted by Gasteiger charge is 2.53. The molecule has 9 heterocycles. The van der Waals surface area contributed by atoms with Crippen LogP contribution in [0.5, 0.6) is 46.0 Å². The Morgan fingerprint density at radius 1 is 0.669 bits per heavy atom. The lowest BCUT2D eigenvalue weighted by Gasteiger charge is -2.46. The van der Waals surface area contributed by atoms with Crippen molar-refractivity contribution in [1.82, 2.24) is 42.5 Å². The number of aliphatic carboxylic acids is 1. The summed E-state index contributed by atoms with van der Waals surface area (Å²) in [4.78, 5) is 124.